The molecule has 146 valence electrons. The van der Waals surface area contributed by atoms with E-state index in [2.05, 4.69) is 18.7 Å². The van der Waals surface area contributed by atoms with Crippen LogP contribution >= 0.6 is 0 Å². The van der Waals surface area contributed by atoms with Crippen LogP contribution in [0.4, 0.5) is 0 Å². The molecule has 0 aromatic rings. The van der Waals surface area contributed by atoms with Crippen LogP contribution in [0.1, 0.15) is 117 Å². The second-order valence-corrected chi connectivity index (χ2v) is 7.58. The molecule has 2 heteroatoms. The van der Waals surface area contributed by atoms with E-state index < -0.39 is 0 Å². The van der Waals surface area contributed by atoms with Gasteiger partial charge < -0.3 is 10.6 Å². The Balaban J connectivity index is 3.43. The van der Waals surface area contributed by atoms with Crippen molar-refractivity contribution in [3.63, 3.8) is 0 Å². The van der Waals surface area contributed by atoms with Gasteiger partial charge in [-0.1, -0.05) is 104 Å². The van der Waals surface area contributed by atoms with Gasteiger partial charge in [-0.2, -0.15) is 0 Å². The van der Waals surface area contributed by atoms with Crippen LogP contribution < -0.4 is 5.73 Å². The zero-order valence-corrected chi connectivity index (χ0v) is 17.2. The molecule has 2 N–H and O–H groups in total. The van der Waals surface area contributed by atoms with Crippen molar-refractivity contribution in [3.05, 3.63) is 0 Å². The van der Waals surface area contributed by atoms with E-state index in [0.717, 1.165) is 13.1 Å². The summed E-state index contributed by atoms with van der Waals surface area (Å²) in [5.74, 6) is 0. The molecule has 0 amide bonds. The van der Waals surface area contributed by atoms with Crippen LogP contribution in [-0.2, 0) is 0 Å². The lowest BCUT2D eigenvalue weighted by molar-refractivity contribution is 0.267. The Morgan fingerprint density at radius 2 is 0.792 bits per heavy atom. The van der Waals surface area contributed by atoms with E-state index in [1.165, 1.54) is 116 Å². The minimum atomic E-state index is 0.814. The van der Waals surface area contributed by atoms with Crippen LogP contribution in [0.3, 0.4) is 0 Å². The monoisotopic (exact) mass is 340 g/mol. The highest BCUT2D eigenvalue weighted by molar-refractivity contribution is 4.60. The van der Waals surface area contributed by atoms with E-state index in [9.17, 15) is 0 Å². The zero-order valence-electron chi connectivity index (χ0n) is 17.2. The second-order valence-electron chi connectivity index (χ2n) is 7.58. The summed E-state index contributed by atoms with van der Waals surface area (Å²) < 4.78 is 0. The lowest BCUT2D eigenvalue weighted by atomic mass is 10.1. The van der Waals surface area contributed by atoms with Crippen LogP contribution in [0, 0.1) is 0 Å². The summed E-state index contributed by atoms with van der Waals surface area (Å²) in [6.07, 6.45) is 22.6. The largest absolute Gasteiger partial charge is 0.329 e. The first-order valence-corrected chi connectivity index (χ1v) is 11.3. The highest BCUT2D eigenvalue weighted by Gasteiger charge is 2.03. The van der Waals surface area contributed by atoms with Crippen molar-refractivity contribution in [1.82, 2.24) is 4.90 Å². The molecule has 0 heterocycles. The van der Waals surface area contributed by atoms with Gasteiger partial charge in [-0.15, -0.1) is 0 Å². The van der Waals surface area contributed by atoms with E-state index in [0.29, 0.717) is 0 Å². The minimum Gasteiger partial charge on any atom is -0.329 e. The molecule has 0 aliphatic rings. The minimum absolute atomic E-state index is 0.814. The van der Waals surface area contributed by atoms with E-state index in [1.807, 2.05) is 0 Å². The van der Waals surface area contributed by atoms with Gasteiger partial charge in [-0.3, -0.25) is 0 Å². The van der Waals surface area contributed by atoms with E-state index in [1.54, 1.807) is 0 Å². The zero-order chi connectivity index (χ0) is 17.7. The molecule has 2 nitrogen and oxygen atoms in total. The highest BCUT2D eigenvalue weighted by atomic mass is 15.1. The van der Waals surface area contributed by atoms with Gasteiger partial charge in [0.1, 0.15) is 0 Å². The third-order valence-electron chi connectivity index (χ3n) is 5.10. The molecule has 0 saturated heterocycles. The summed E-state index contributed by atoms with van der Waals surface area (Å²) in [7, 11) is 0. The average molecular weight is 341 g/mol. The standard InChI is InChI=1S/C22H48N2/c1-3-5-7-9-11-13-15-17-20-24(22-19-23)21-18-16-14-12-10-8-6-4-2/h3-23H2,1-2H3. The molecule has 0 spiro atoms. The molecule has 0 atom stereocenters. The summed E-state index contributed by atoms with van der Waals surface area (Å²) in [4.78, 5) is 2.61. The van der Waals surface area contributed by atoms with Crippen molar-refractivity contribution in [2.45, 2.75) is 117 Å². The summed E-state index contributed by atoms with van der Waals surface area (Å²) >= 11 is 0. The number of rotatable bonds is 20. The molecule has 0 unspecified atom stereocenters. The summed E-state index contributed by atoms with van der Waals surface area (Å²) in [6.45, 7) is 9.02. The SMILES string of the molecule is CCCCCCCCCCN(CCN)CCCCCCCCCC. The second kappa shape index (κ2) is 21.0. The van der Waals surface area contributed by atoms with Crippen molar-refractivity contribution in [2.24, 2.45) is 5.73 Å². The molecule has 0 aliphatic heterocycles. The number of nitrogens with two attached hydrogens (primary N) is 1. The van der Waals surface area contributed by atoms with Crippen LogP contribution in [0.15, 0.2) is 0 Å². The Kier molecular flexibility index (Phi) is 20.9. The van der Waals surface area contributed by atoms with Gasteiger partial charge in [0.15, 0.2) is 0 Å². The first kappa shape index (κ1) is 23.9. The van der Waals surface area contributed by atoms with Gasteiger partial charge in [0.2, 0.25) is 0 Å². The van der Waals surface area contributed by atoms with Gasteiger partial charge in [-0.05, 0) is 25.9 Å². The highest BCUT2D eigenvalue weighted by Crippen LogP contribution is 2.11. The molecular formula is C22H48N2. The fourth-order valence-corrected chi connectivity index (χ4v) is 3.46. The van der Waals surface area contributed by atoms with Gasteiger partial charge in [0, 0.05) is 13.1 Å². The number of nitrogens with zero attached hydrogens (tertiary/aromatic N) is 1. The fraction of sp³-hybridized carbons (Fsp3) is 1.00. The molecule has 0 fully saturated rings. The van der Waals surface area contributed by atoms with Gasteiger partial charge in [0.05, 0.1) is 0 Å². The quantitative estimate of drug-likeness (QED) is 0.255. The molecule has 0 aromatic heterocycles. The summed E-state index contributed by atoms with van der Waals surface area (Å²) in [5, 5.41) is 0. The Morgan fingerprint density at radius 3 is 1.12 bits per heavy atom. The number of hydrogen-bond acceptors (Lipinski definition) is 2. The molecule has 0 radical (unpaired) electrons. The average Bonchev–Trinajstić information content (AvgIpc) is 2.59. The Morgan fingerprint density at radius 1 is 0.458 bits per heavy atom. The predicted octanol–water partition coefficient (Wildman–Crippen LogP) is 6.53. The van der Waals surface area contributed by atoms with Crippen molar-refractivity contribution >= 4 is 0 Å². The first-order valence-electron chi connectivity index (χ1n) is 11.3. The maximum absolute atomic E-state index is 5.78. The third-order valence-corrected chi connectivity index (χ3v) is 5.10. The van der Waals surface area contributed by atoms with Gasteiger partial charge in [0.25, 0.3) is 0 Å². The maximum atomic E-state index is 5.78. The van der Waals surface area contributed by atoms with E-state index in [4.69, 9.17) is 5.73 Å². The molecule has 0 aromatic carbocycles. The molecule has 0 saturated carbocycles. The van der Waals surface area contributed by atoms with E-state index in [-0.39, 0.29) is 0 Å². The maximum Gasteiger partial charge on any atom is 0.0105 e. The van der Waals surface area contributed by atoms with Crippen LogP contribution in [0.25, 0.3) is 0 Å². The Bertz CT molecular complexity index is 198. The summed E-state index contributed by atoms with van der Waals surface area (Å²) in [5.41, 5.74) is 5.78. The predicted molar refractivity (Wildman–Crippen MR) is 111 cm³/mol. The molecule has 0 aliphatic carbocycles. The lowest BCUT2D eigenvalue weighted by Crippen LogP contribution is -2.31. The Hall–Kier alpha value is -0.0800. The van der Waals surface area contributed by atoms with Crippen LogP contribution in [0.2, 0.25) is 0 Å². The lowest BCUT2D eigenvalue weighted by Gasteiger charge is -2.21. The van der Waals surface area contributed by atoms with Gasteiger partial charge in [-0.25, -0.2) is 0 Å². The van der Waals surface area contributed by atoms with Crippen molar-refractivity contribution in [1.29, 1.82) is 0 Å². The van der Waals surface area contributed by atoms with Crippen LogP contribution in [-0.4, -0.2) is 31.1 Å². The van der Waals surface area contributed by atoms with Crippen molar-refractivity contribution in [3.8, 4) is 0 Å². The van der Waals surface area contributed by atoms with E-state index >= 15 is 0 Å². The number of unbranched alkanes of at least 4 members (excludes halogenated alkanes) is 14. The first-order chi connectivity index (χ1) is 11.8. The topological polar surface area (TPSA) is 29.3 Å². The van der Waals surface area contributed by atoms with Crippen LogP contribution in [0.5, 0.6) is 0 Å². The molecule has 0 rings (SSSR count). The smallest absolute Gasteiger partial charge is 0.0105 e. The molecule has 24 heavy (non-hydrogen) atoms. The van der Waals surface area contributed by atoms with Gasteiger partial charge >= 0.3 is 0 Å². The van der Waals surface area contributed by atoms with Crippen molar-refractivity contribution < 1.29 is 0 Å². The fourth-order valence-electron chi connectivity index (χ4n) is 3.46. The third kappa shape index (κ3) is 18.3. The van der Waals surface area contributed by atoms with Crippen molar-refractivity contribution in [2.75, 3.05) is 26.2 Å². The number of hydrogen-bond donors (Lipinski definition) is 1. The molecule has 0 bridgehead atoms. The normalized spacial score (nSPS) is 11.5. The summed E-state index contributed by atoms with van der Waals surface area (Å²) in [6, 6.07) is 0. The Labute approximate surface area is 154 Å². The molecular weight excluding hydrogens is 292 g/mol.